The summed E-state index contributed by atoms with van der Waals surface area (Å²) in [5, 5.41) is 0. The summed E-state index contributed by atoms with van der Waals surface area (Å²) in [6.45, 7) is 0.823. The van der Waals surface area contributed by atoms with Gasteiger partial charge in [-0.15, -0.1) is 0 Å². The first-order valence-electron chi connectivity index (χ1n) is 8.75. The first-order valence-corrected chi connectivity index (χ1v) is 8.75. The van der Waals surface area contributed by atoms with Gasteiger partial charge in [0.1, 0.15) is 23.9 Å². The van der Waals surface area contributed by atoms with E-state index < -0.39 is 0 Å². The smallest absolute Gasteiger partial charge is 0.169 e. The van der Waals surface area contributed by atoms with Crippen LogP contribution in [0.1, 0.15) is 22.3 Å². The predicted molar refractivity (Wildman–Crippen MR) is 101 cm³/mol. The van der Waals surface area contributed by atoms with Crippen molar-refractivity contribution in [3.8, 4) is 28.5 Å². The van der Waals surface area contributed by atoms with Crippen molar-refractivity contribution >= 4 is 5.78 Å². The number of fused-ring (bicyclic) bond motifs is 1. The fourth-order valence-electron chi connectivity index (χ4n) is 2.98. The van der Waals surface area contributed by atoms with Gasteiger partial charge in [0, 0.05) is 24.2 Å². The number of carbonyl (C=O) groups is 1. The van der Waals surface area contributed by atoms with Crippen LogP contribution >= 0.6 is 0 Å². The van der Waals surface area contributed by atoms with Crippen LogP contribution in [0.4, 0.5) is 0 Å². The Bertz CT molecular complexity index is 966. The lowest BCUT2D eigenvalue weighted by Crippen LogP contribution is -2.15. The summed E-state index contributed by atoms with van der Waals surface area (Å²) in [4.78, 5) is 16.3. The number of hydrogen-bond acceptors (Lipinski definition) is 5. The van der Waals surface area contributed by atoms with Crippen molar-refractivity contribution in [2.75, 3.05) is 13.7 Å². The highest BCUT2D eigenvalue weighted by molar-refractivity contribution is 5.99. The molecular weight excluding hydrogens is 342 g/mol. The maximum absolute atomic E-state index is 11.9. The van der Waals surface area contributed by atoms with Gasteiger partial charge in [0.25, 0.3) is 0 Å². The summed E-state index contributed by atoms with van der Waals surface area (Å²) in [6.07, 6.45) is 2.20. The van der Waals surface area contributed by atoms with Crippen molar-refractivity contribution in [1.29, 1.82) is 0 Å². The molecule has 5 nitrogen and oxygen atoms in total. The molecule has 0 fully saturated rings. The van der Waals surface area contributed by atoms with E-state index in [1.807, 2.05) is 36.4 Å². The van der Waals surface area contributed by atoms with Crippen molar-refractivity contribution in [3.63, 3.8) is 0 Å². The number of benzene rings is 2. The highest BCUT2D eigenvalue weighted by Crippen LogP contribution is 2.29. The van der Waals surface area contributed by atoms with Gasteiger partial charge >= 0.3 is 0 Å². The van der Waals surface area contributed by atoms with E-state index in [1.54, 1.807) is 31.5 Å². The Kier molecular flexibility index (Phi) is 4.75. The van der Waals surface area contributed by atoms with E-state index in [0.29, 0.717) is 36.7 Å². The molecule has 27 heavy (non-hydrogen) atoms. The molecule has 0 atom stereocenters. The van der Waals surface area contributed by atoms with E-state index >= 15 is 0 Å². The summed E-state index contributed by atoms with van der Waals surface area (Å²) < 4.78 is 16.6. The molecule has 0 radical (unpaired) electrons. The van der Waals surface area contributed by atoms with Crippen molar-refractivity contribution in [2.45, 2.75) is 13.0 Å². The van der Waals surface area contributed by atoms with Crippen LogP contribution < -0.4 is 14.2 Å². The number of hydrogen-bond donors (Lipinski definition) is 0. The second-order valence-electron chi connectivity index (χ2n) is 6.25. The molecule has 1 aliphatic heterocycles. The lowest BCUT2D eigenvalue weighted by molar-refractivity contribution is 0.0933. The van der Waals surface area contributed by atoms with Crippen LogP contribution in [0.15, 0.2) is 60.8 Å². The molecule has 0 saturated heterocycles. The minimum absolute atomic E-state index is 0.112. The molecule has 3 aromatic rings. The number of pyridine rings is 1. The number of aromatic nitrogens is 1. The molecule has 0 aliphatic carbocycles. The lowest BCUT2D eigenvalue weighted by atomic mass is 10.1. The quantitative estimate of drug-likeness (QED) is 0.678. The number of carbonyl (C=O) groups excluding carboxylic acids is 1. The normalized spacial score (nSPS) is 12.9. The Morgan fingerprint density at radius 1 is 1.04 bits per heavy atom. The van der Waals surface area contributed by atoms with E-state index in [-0.39, 0.29) is 5.78 Å². The maximum atomic E-state index is 11.9. The Labute approximate surface area is 157 Å². The minimum Gasteiger partial charge on any atom is -0.497 e. The molecule has 1 aliphatic rings. The molecule has 1 aromatic heterocycles. The second kappa shape index (κ2) is 7.50. The molecule has 4 rings (SSSR count). The van der Waals surface area contributed by atoms with Crippen LogP contribution in [0.2, 0.25) is 0 Å². The number of ketones is 1. The van der Waals surface area contributed by atoms with E-state index in [4.69, 9.17) is 14.2 Å². The van der Waals surface area contributed by atoms with Crippen LogP contribution in [-0.4, -0.2) is 24.5 Å². The number of methoxy groups -OCH3 is 1. The maximum Gasteiger partial charge on any atom is 0.169 e. The summed E-state index contributed by atoms with van der Waals surface area (Å²) in [7, 11) is 1.65. The average Bonchev–Trinajstić information content (AvgIpc) is 2.73. The van der Waals surface area contributed by atoms with Gasteiger partial charge in [-0.05, 0) is 54.1 Å². The van der Waals surface area contributed by atoms with Crippen LogP contribution in [0.5, 0.6) is 17.2 Å². The van der Waals surface area contributed by atoms with Gasteiger partial charge in [-0.25, -0.2) is 0 Å². The standard InChI is InChI=1S/C22H19NO4/c1-25-17-4-2-16(3-5-17)20-12-15(8-10-23-20)14-27-18-6-7-19-21(24)9-11-26-22(19)13-18/h2-8,10,12-13H,9,11,14H2,1H3. The largest absolute Gasteiger partial charge is 0.497 e. The summed E-state index contributed by atoms with van der Waals surface area (Å²) in [5.41, 5.74) is 3.52. The highest BCUT2D eigenvalue weighted by Gasteiger charge is 2.18. The predicted octanol–water partition coefficient (Wildman–Crippen LogP) is 4.30. The molecule has 0 bridgehead atoms. The van der Waals surface area contributed by atoms with Crippen molar-refractivity contribution in [2.24, 2.45) is 0 Å². The fraction of sp³-hybridized carbons (Fsp3) is 0.182. The molecule has 2 aromatic carbocycles. The first kappa shape index (κ1) is 17.1. The molecule has 136 valence electrons. The van der Waals surface area contributed by atoms with Gasteiger partial charge in [-0.3, -0.25) is 9.78 Å². The Morgan fingerprint density at radius 3 is 2.67 bits per heavy atom. The summed E-state index contributed by atoms with van der Waals surface area (Å²) >= 11 is 0. The number of nitrogens with zero attached hydrogens (tertiary/aromatic N) is 1. The molecular formula is C22H19NO4. The summed E-state index contributed by atoms with van der Waals surface area (Å²) in [5.74, 6) is 2.19. The molecule has 0 saturated carbocycles. The number of Topliss-reactive ketones (excluding diaryl/α,β-unsaturated/α-hetero) is 1. The van der Waals surface area contributed by atoms with E-state index in [0.717, 1.165) is 22.6 Å². The Morgan fingerprint density at radius 2 is 1.85 bits per heavy atom. The van der Waals surface area contributed by atoms with Crippen LogP contribution in [0.25, 0.3) is 11.3 Å². The van der Waals surface area contributed by atoms with Crippen molar-refractivity contribution in [1.82, 2.24) is 4.98 Å². The van der Waals surface area contributed by atoms with E-state index in [2.05, 4.69) is 4.98 Å². The average molecular weight is 361 g/mol. The third-order valence-corrected chi connectivity index (χ3v) is 4.46. The van der Waals surface area contributed by atoms with Gasteiger partial charge in [-0.1, -0.05) is 0 Å². The third kappa shape index (κ3) is 3.77. The zero-order chi connectivity index (χ0) is 18.6. The second-order valence-corrected chi connectivity index (χ2v) is 6.25. The van der Waals surface area contributed by atoms with Crippen LogP contribution in [0.3, 0.4) is 0 Å². The summed E-state index contributed by atoms with van der Waals surface area (Å²) in [6, 6.07) is 17.0. The van der Waals surface area contributed by atoms with Gasteiger partial charge in [0.2, 0.25) is 0 Å². The molecule has 0 amide bonds. The zero-order valence-corrected chi connectivity index (χ0v) is 15.0. The molecule has 0 N–H and O–H groups in total. The minimum atomic E-state index is 0.112. The van der Waals surface area contributed by atoms with Crippen molar-refractivity contribution < 1.29 is 19.0 Å². The molecule has 0 spiro atoms. The topological polar surface area (TPSA) is 57.7 Å². The fourth-order valence-corrected chi connectivity index (χ4v) is 2.98. The number of rotatable bonds is 5. The SMILES string of the molecule is COc1ccc(-c2cc(COc3ccc4c(c3)OCCC4=O)ccn2)cc1. The monoisotopic (exact) mass is 361 g/mol. The van der Waals surface area contributed by atoms with Crippen molar-refractivity contribution in [3.05, 3.63) is 71.9 Å². The Hall–Kier alpha value is -3.34. The lowest BCUT2D eigenvalue weighted by Gasteiger charge is -2.17. The molecule has 5 heteroatoms. The zero-order valence-electron chi connectivity index (χ0n) is 15.0. The van der Waals surface area contributed by atoms with Crippen LogP contribution in [-0.2, 0) is 6.61 Å². The first-order chi connectivity index (χ1) is 13.2. The Balaban J connectivity index is 1.48. The molecule has 0 unspecified atom stereocenters. The number of ether oxygens (including phenoxy) is 3. The van der Waals surface area contributed by atoms with Gasteiger partial charge < -0.3 is 14.2 Å². The van der Waals surface area contributed by atoms with Gasteiger partial charge in [0.05, 0.1) is 25.0 Å². The third-order valence-electron chi connectivity index (χ3n) is 4.46. The van der Waals surface area contributed by atoms with E-state index in [1.165, 1.54) is 0 Å². The van der Waals surface area contributed by atoms with E-state index in [9.17, 15) is 4.79 Å². The van der Waals surface area contributed by atoms with Gasteiger partial charge in [0.15, 0.2) is 5.78 Å². The molecule has 2 heterocycles. The van der Waals surface area contributed by atoms with Crippen LogP contribution in [0, 0.1) is 0 Å². The van der Waals surface area contributed by atoms with Gasteiger partial charge in [-0.2, -0.15) is 0 Å². The highest BCUT2D eigenvalue weighted by atomic mass is 16.5.